The first-order chi connectivity index (χ1) is 17.2. The maximum absolute atomic E-state index is 14.1. The first kappa shape index (κ1) is 24.0. The highest BCUT2D eigenvalue weighted by Crippen LogP contribution is 2.37. The number of nitrogens with one attached hydrogen (secondary N) is 1. The summed E-state index contributed by atoms with van der Waals surface area (Å²) in [6.07, 6.45) is 14.2. The van der Waals surface area contributed by atoms with E-state index in [-0.39, 0.29) is 23.8 Å². The van der Waals surface area contributed by atoms with E-state index in [4.69, 9.17) is 4.98 Å². The number of nitrogens with zero attached hydrogens (tertiary/aromatic N) is 2. The highest BCUT2D eigenvalue weighted by Gasteiger charge is 2.35. The van der Waals surface area contributed by atoms with Crippen molar-refractivity contribution in [2.24, 2.45) is 5.92 Å². The second-order valence-corrected chi connectivity index (χ2v) is 10.6. The van der Waals surface area contributed by atoms with Crippen molar-refractivity contribution in [2.75, 3.05) is 0 Å². The predicted octanol–water partition coefficient (Wildman–Crippen LogP) is 6.92. The third-order valence-corrected chi connectivity index (χ3v) is 8.03. The van der Waals surface area contributed by atoms with Gasteiger partial charge in [0.2, 0.25) is 5.91 Å². The maximum Gasteiger partial charge on any atom is 0.243 e. The lowest BCUT2D eigenvalue weighted by atomic mass is 9.82. The molecule has 1 heterocycles. The van der Waals surface area contributed by atoms with E-state index in [1.807, 2.05) is 12.1 Å². The molecule has 35 heavy (non-hydrogen) atoms. The van der Waals surface area contributed by atoms with Crippen molar-refractivity contribution in [3.63, 3.8) is 0 Å². The van der Waals surface area contributed by atoms with Gasteiger partial charge in [-0.05, 0) is 62.1 Å². The van der Waals surface area contributed by atoms with Crippen LogP contribution in [-0.2, 0) is 17.6 Å². The minimum Gasteiger partial charge on any atom is -0.352 e. The number of carbonyl (C=O) groups is 1. The number of hydrogen-bond acceptors (Lipinski definition) is 2. The summed E-state index contributed by atoms with van der Waals surface area (Å²) in [5.74, 6) is 1.06. The SMILES string of the molecule is O=C(NC1CCCCC1)C(C1CCCCC1)n1c(CCCc2ccccc2)nc2cc(F)ccc21. The number of benzene rings is 2. The molecule has 0 saturated heterocycles. The summed E-state index contributed by atoms with van der Waals surface area (Å²) in [7, 11) is 0. The monoisotopic (exact) mass is 475 g/mol. The van der Waals surface area contributed by atoms with Crippen molar-refractivity contribution in [1.82, 2.24) is 14.9 Å². The van der Waals surface area contributed by atoms with Crippen LogP contribution >= 0.6 is 0 Å². The van der Waals surface area contributed by atoms with Gasteiger partial charge in [0.25, 0.3) is 0 Å². The van der Waals surface area contributed by atoms with Crippen LogP contribution < -0.4 is 5.32 Å². The van der Waals surface area contributed by atoms with Gasteiger partial charge in [0, 0.05) is 18.5 Å². The minimum absolute atomic E-state index is 0.136. The number of aromatic nitrogens is 2. The summed E-state index contributed by atoms with van der Waals surface area (Å²) < 4.78 is 16.3. The van der Waals surface area contributed by atoms with Gasteiger partial charge in [-0.25, -0.2) is 9.37 Å². The number of carbonyl (C=O) groups excluding carboxylic acids is 1. The van der Waals surface area contributed by atoms with Crippen molar-refractivity contribution in [3.05, 3.63) is 65.7 Å². The van der Waals surface area contributed by atoms with Crippen LogP contribution in [0.2, 0.25) is 0 Å². The first-order valence-electron chi connectivity index (χ1n) is 13.7. The van der Waals surface area contributed by atoms with Crippen LogP contribution in [0.1, 0.15) is 88.1 Å². The molecule has 1 amide bonds. The predicted molar refractivity (Wildman–Crippen MR) is 139 cm³/mol. The molecule has 5 heteroatoms. The minimum atomic E-state index is -0.279. The number of fused-ring (bicyclic) bond motifs is 1. The summed E-state index contributed by atoms with van der Waals surface area (Å²) in [5.41, 5.74) is 2.85. The molecule has 186 valence electrons. The first-order valence-corrected chi connectivity index (χ1v) is 13.7. The van der Waals surface area contributed by atoms with Gasteiger partial charge in [-0.3, -0.25) is 4.79 Å². The van der Waals surface area contributed by atoms with Gasteiger partial charge in [0.1, 0.15) is 17.7 Å². The van der Waals surface area contributed by atoms with E-state index >= 15 is 0 Å². The molecule has 0 aliphatic heterocycles. The number of hydrogen-bond donors (Lipinski definition) is 1. The average molecular weight is 476 g/mol. The molecule has 0 spiro atoms. The quantitative estimate of drug-likeness (QED) is 0.384. The van der Waals surface area contributed by atoms with E-state index in [1.165, 1.54) is 56.2 Å². The molecular formula is C30H38FN3O. The van der Waals surface area contributed by atoms with Crippen LogP contribution in [0.3, 0.4) is 0 Å². The zero-order valence-electron chi connectivity index (χ0n) is 20.7. The fourth-order valence-corrected chi connectivity index (χ4v) is 6.23. The molecule has 5 rings (SSSR count). The lowest BCUT2D eigenvalue weighted by molar-refractivity contribution is -0.127. The number of imidazole rings is 1. The zero-order chi connectivity index (χ0) is 24.0. The van der Waals surface area contributed by atoms with E-state index < -0.39 is 0 Å². The molecule has 2 saturated carbocycles. The zero-order valence-corrected chi connectivity index (χ0v) is 20.7. The highest BCUT2D eigenvalue weighted by molar-refractivity contribution is 5.85. The smallest absolute Gasteiger partial charge is 0.243 e. The fourth-order valence-electron chi connectivity index (χ4n) is 6.23. The van der Waals surface area contributed by atoms with Gasteiger partial charge >= 0.3 is 0 Å². The lowest BCUT2D eigenvalue weighted by Crippen LogP contribution is -2.43. The van der Waals surface area contributed by atoms with Crippen LogP contribution in [0, 0.1) is 11.7 Å². The number of aryl methyl sites for hydroxylation is 2. The van der Waals surface area contributed by atoms with Gasteiger partial charge in [0.05, 0.1) is 11.0 Å². The van der Waals surface area contributed by atoms with Crippen molar-refractivity contribution in [1.29, 1.82) is 0 Å². The topological polar surface area (TPSA) is 46.9 Å². The molecular weight excluding hydrogens is 437 g/mol. The Morgan fingerprint density at radius 3 is 2.40 bits per heavy atom. The van der Waals surface area contributed by atoms with Crippen LogP contribution in [0.25, 0.3) is 11.0 Å². The average Bonchev–Trinajstić information content (AvgIpc) is 3.23. The summed E-state index contributed by atoms with van der Waals surface area (Å²) in [6, 6.07) is 15.3. The number of rotatable bonds is 8. The van der Waals surface area contributed by atoms with Crippen LogP contribution in [0.15, 0.2) is 48.5 Å². The summed E-state index contributed by atoms with van der Waals surface area (Å²) in [5, 5.41) is 3.43. The van der Waals surface area contributed by atoms with E-state index in [0.717, 1.165) is 56.3 Å². The Balaban J connectivity index is 1.47. The Kier molecular flexibility index (Phi) is 7.80. The maximum atomic E-state index is 14.1. The molecule has 1 unspecified atom stereocenters. The lowest BCUT2D eigenvalue weighted by Gasteiger charge is -2.33. The normalized spacial score (nSPS) is 18.5. The molecule has 0 radical (unpaired) electrons. The Morgan fingerprint density at radius 1 is 0.943 bits per heavy atom. The molecule has 3 aromatic rings. The van der Waals surface area contributed by atoms with Gasteiger partial charge in [0.15, 0.2) is 0 Å². The van der Waals surface area contributed by atoms with E-state index in [1.54, 1.807) is 0 Å². The van der Waals surface area contributed by atoms with Crippen LogP contribution in [-0.4, -0.2) is 21.5 Å². The van der Waals surface area contributed by atoms with Gasteiger partial charge in [-0.1, -0.05) is 68.9 Å². The van der Waals surface area contributed by atoms with Crippen molar-refractivity contribution in [3.8, 4) is 0 Å². The second kappa shape index (κ2) is 11.4. The summed E-state index contributed by atoms with van der Waals surface area (Å²) in [6.45, 7) is 0. The van der Waals surface area contributed by atoms with Gasteiger partial charge in [-0.15, -0.1) is 0 Å². The Bertz CT molecular complexity index is 1110. The van der Waals surface area contributed by atoms with Crippen molar-refractivity contribution >= 4 is 16.9 Å². The molecule has 2 aliphatic carbocycles. The molecule has 2 fully saturated rings. The molecule has 1 N–H and O–H groups in total. The van der Waals surface area contributed by atoms with E-state index in [0.29, 0.717) is 11.4 Å². The fraction of sp³-hybridized carbons (Fsp3) is 0.533. The van der Waals surface area contributed by atoms with Crippen LogP contribution in [0.4, 0.5) is 4.39 Å². The molecule has 4 nitrogen and oxygen atoms in total. The van der Waals surface area contributed by atoms with E-state index in [2.05, 4.69) is 34.1 Å². The molecule has 2 aromatic carbocycles. The largest absolute Gasteiger partial charge is 0.352 e. The third-order valence-electron chi connectivity index (χ3n) is 8.03. The number of halogens is 1. The molecule has 1 atom stereocenters. The van der Waals surface area contributed by atoms with Gasteiger partial charge < -0.3 is 9.88 Å². The van der Waals surface area contributed by atoms with Crippen LogP contribution in [0.5, 0.6) is 0 Å². The Labute approximate surface area is 208 Å². The highest BCUT2D eigenvalue weighted by atomic mass is 19.1. The Hall–Kier alpha value is -2.69. The van der Waals surface area contributed by atoms with Gasteiger partial charge in [-0.2, -0.15) is 0 Å². The second-order valence-electron chi connectivity index (χ2n) is 10.6. The summed E-state index contributed by atoms with van der Waals surface area (Å²) in [4.78, 5) is 18.8. The summed E-state index contributed by atoms with van der Waals surface area (Å²) >= 11 is 0. The third kappa shape index (κ3) is 5.76. The number of amides is 1. The van der Waals surface area contributed by atoms with Crippen molar-refractivity contribution in [2.45, 2.75) is 95.6 Å². The standard InChI is InChI=1S/C30H38FN3O/c31-24-19-20-27-26(21-24)33-28(18-10-13-22-11-4-1-5-12-22)34(27)29(23-14-6-2-7-15-23)30(35)32-25-16-8-3-9-17-25/h1,4-5,11-12,19-21,23,25,29H,2-3,6-10,13-18H2,(H,32,35). The molecule has 0 bridgehead atoms. The molecule has 2 aliphatic rings. The van der Waals surface area contributed by atoms with E-state index in [9.17, 15) is 9.18 Å². The molecule has 1 aromatic heterocycles. The van der Waals surface area contributed by atoms with Crippen molar-refractivity contribution < 1.29 is 9.18 Å². The Morgan fingerprint density at radius 2 is 1.66 bits per heavy atom.